The molecule has 1 heterocycles. The van der Waals surface area contributed by atoms with E-state index in [-0.39, 0.29) is 15.6 Å². The lowest BCUT2D eigenvalue weighted by Crippen LogP contribution is -2.23. The Morgan fingerprint density at radius 2 is 1.94 bits per heavy atom. The summed E-state index contributed by atoms with van der Waals surface area (Å²) < 4.78 is 1.29. The summed E-state index contributed by atoms with van der Waals surface area (Å²) in [7, 11) is 0. The predicted octanol–water partition coefficient (Wildman–Crippen LogP) is 3.32. The number of hydrogen-bond acceptors (Lipinski definition) is 3. The quantitative estimate of drug-likeness (QED) is 0.816. The minimum absolute atomic E-state index is 0.00685. The maximum absolute atomic E-state index is 11.8. The Morgan fingerprint density at radius 3 is 2.56 bits per heavy atom. The second kappa shape index (κ2) is 5.78. The summed E-state index contributed by atoms with van der Waals surface area (Å²) in [5.74, 6) is 0. The van der Waals surface area contributed by atoms with Crippen LogP contribution in [0.5, 0.6) is 0 Å². The third-order valence-corrected chi connectivity index (χ3v) is 3.93. The zero-order valence-corrected chi connectivity index (χ0v) is 11.9. The molecule has 0 amide bonds. The fraction of sp³-hybridized carbons (Fsp3) is 0.167. The average molecular weight is 301 g/mol. The van der Waals surface area contributed by atoms with Crippen molar-refractivity contribution in [3.05, 3.63) is 56.4 Å². The smallest absolute Gasteiger partial charge is 0.266 e. The summed E-state index contributed by atoms with van der Waals surface area (Å²) in [6.07, 6.45) is 3.39. The van der Waals surface area contributed by atoms with Crippen LogP contribution in [0.3, 0.4) is 0 Å². The van der Waals surface area contributed by atoms with Crippen molar-refractivity contribution in [2.45, 2.75) is 11.4 Å². The van der Waals surface area contributed by atoms with Crippen molar-refractivity contribution < 1.29 is 0 Å². The predicted molar refractivity (Wildman–Crippen MR) is 75.8 cm³/mol. The van der Waals surface area contributed by atoms with E-state index in [4.69, 9.17) is 23.2 Å². The zero-order valence-electron chi connectivity index (χ0n) is 9.56. The molecule has 2 rings (SSSR count). The van der Waals surface area contributed by atoms with Crippen molar-refractivity contribution >= 4 is 35.0 Å². The monoisotopic (exact) mass is 300 g/mol. The van der Waals surface area contributed by atoms with Crippen LogP contribution in [0.15, 0.2) is 40.2 Å². The summed E-state index contributed by atoms with van der Waals surface area (Å²) in [4.78, 5) is 13.0. The van der Waals surface area contributed by atoms with Crippen LogP contribution in [0, 0.1) is 0 Å². The molecule has 2 aromatic rings. The standard InChI is InChI=1S/C12H10Cl2N2OS/c1-18-9-4-2-8(3-5-9)7-16-12(17)11(14)10(13)6-15-16/h2-6H,7H2,1H3. The molecular weight excluding hydrogens is 291 g/mol. The van der Waals surface area contributed by atoms with E-state index in [1.807, 2.05) is 30.5 Å². The van der Waals surface area contributed by atoms with E-state index in [1.54, 1.807) is 11.8 Å². The van der Waals surface area contributed by atoms with Crippen molar-refractivity contribution in [1.29, 1.82) is 0 Å². The second-order valence-electron chi connectivity index (χ2n) is 3.62. The molecular formula is C12H10Cl2N2OS. The summed E-state index contributed by atoms with van der Waals surface area (Å²) in [6, 6.07) is 7.93. The fourth-order valence-electron chi connectivity index (χ4n) is 1.46. The molecule has 3 nitrogen and oxygen atoms in total. The Kier molecular flexibility index (Phi) is 4.32. The lowest BCUT2D eigenvalue weighted by molar-refractivity contribution is 0.639. The molecule has 0 atom stereocenters. The Morgan fingerprint density at radius 1 is 1.28 bits per heavy atom. The number of rotatable bonds is 3. The van der Waals surface area contributed by atoms with Crippen LogP contribution in [-0.2, 0) is 6.54 Å². The Labute approximate surface area is 119 Å². The molecule has 0 unspecified atom stereocenters. The number of halogens is 2. The lowest BCUT2D eigenvalue weighted by Gasteiger charge is -2.06. The highest BCUT2D eigenvalue weighted by molar-refractivity contribution is 7.98. The number of aromatic nitrogens is 2. The highest BCUT2D eigenvalue weighted by Crippen LogP contribution is 2.16. The van der Waals surface area contributed by atoms with Gasteiger partial charge in [-0.3, -0.25) is 4.79 Å². The number of hydrogen-bond donors (Lipinski definition) is 0. The van der Waals surface area contributed by atoms with Gasteiger partial charge in [-0.15, -0.1) is 11.8 Å². The minimum atomic E-state index is -0.377. The van der Waals surface area contributed by atoms with E-state index < -0.39 is 0 Å². The zero-order chi connectivity index (χ0) is 13.1. The van der Waals surface area contributed by atoms with Crippen molar-refractivity contribution in [2.24, 2.45) is 0 Å². The van der Waals surface area contributed by atoms with Crippen LogP contribution in [0.4, 0.5) is 0 Å². The van der Waals surface area contributed by atoms with Crippen LogP contribution in [-0.4, -0.2) is 16.0 Å². The number of nitrogens with zero attached hydrogens (tertiary/aromatic N) is 2. The van der Waals surface area contributed by atoms with Gasteiger partial charge in [0.05, 0.1) is 17.8 Å². The molecule has 0 aliphatic carbocycles. The van der Waals surface area contributed by atoms with Crippen LogP contribution in [0.25, 0.3) is 0 Å². The van der Waals surface area contributed by atoms with Crippen LogP contribution in [0.1, 0.15) is 5.56 Å². The molecule has 6 heteroatoms. The molecule has 0 radical (unpaired) electrons. The topological polar surface area (TPSA) is 34.9 Å². The van der Waals surface area contributed by atoms with E-state index in [9.17, 15) is 4.79 Å². The van der Waals surface area contributed by atoms with Gasteiger partial charge in [0.1, 0.15) is 5.02 Å². The fourth-order valence-corrected chi connectivity index (χ4v) is 2.14. The first-order valence-corrected chi connectivity index (χ1v) is 7.14. The molecule has 18 heavy (non-hydrogen) atoms. The van der Waals surface area contributed by atoms with Gasteiger partial charge in [0.25, 0.3) is 5.56 Å². The average Bonchev–Trinajstić information content (AvgIpc) is 2.40. The summed E-state index contributed by atoms with van der Waals surface area (Å²) in [6.45, 7) is 0.379. The van der Waals surface area contributed by atoms with Crippen molar-refractivity contribution in [3.63, 3.8) is 0 Å². The van der Waals surface area contributed by atoms with Crippen molar-refractivity contribution in [1.82, 2.24) is 9.78 Å². The van der Waals surface area contributed by atoms with E-state index in [1.165, 1.54) is 15.8 Å². The Hall–Kier alpha value is -0.970. The molecule has 1 aromatic carbocycles. The van der Waals surface area contributed by atoms with Gasteiger partial charge in [-0.25, -0.2) is 4.68 Å². The molecule has 0 bridgehead atoms. The molecule has 94 valence electrons. The maximum atomic E-state index is 11.8. The summed E-state index contributed by atoms with van der Waals surface area (Å²) in [5, 5.41) is 4.14. The summed E-state index contributed by atoms with van der Waals surface area (Å²) in [5.41, 5.74) is 0.610. The molecule has 0 N–H and O–H groups in total. The summed E-state index contributed by atoms with van der Waals surface area (Å²) >= 11 is 13.2. The second-order valence-corrected chi connectivity index (χ2v) is 5.28. The van der Waals surface area contributed by atoms with Gasteiger partial charge in [-0.05, 0) is 24.0 Å². The SMILES string of the molecule is CSc1ccc(Cn2ncc(Cl)c(Cl)c2=O)cc1. The first-order chi connectivity index (χ1) is 8.61. The molecule has 1 aromatic heterocycles. The number of benzene rings is 1. The van der Waals surface area contributed by atoms with E-state index in [0.29, 0.717) is 6.54 Å². The molecule has 0 aliphatic heterocycles. The van der Waals surface area contributed by atoms with Gasteiger partial charge < -0.3 is 0 Å². The van der Waals surface area contributed by atoms with Crippen LogP contribution < -0.4 is 5.56 Å². The van der Waals surface area contributed by atoms with Gasteiger partial charge in [0.15, 0.2) is 0 Å². The van der Waals surface area contributed by atoms with Gasteiger partial charge >= 0.3 is 0 Å². The minimum Gasteiger partial charge on any atom is -0.266 e. The maximum Gasteiger partial charge on any atom is 0.287 e. The van der Waals surface area contributed by atoms with Gasteiger partial charge in [0, 0.05) is 4.90 Å². The van der Waals surface area contributed by atoms with E-state index >= 15 is 0 Å². The first kappa shape index (κ1) is 13.5. The molecule has 0 saturated carbocycles. The van der Waals surface area contributed by atoms with Gasteiger partial charge in [0.2, 0.25) is 0 Å². The highest BCUT2D eigenvalue weighted by atomic mass is 35.5. The largest absolute Gasteiger partial charge is 0.287 e. The Balaban J connectivity index is 2.28. The van der Waals surface area contributed by atoms with E-state index in [2.05, 4.69) is 5.10 Å². The third kappa shape index (κ3) is 2.88. The van der Waals surface area contributed by atoms with Crippen molar-refractivity contribution in [2.75, 3.05) is 6.26 Å². The molecule has 0 fully saturated rings. The molecule has 0 spiro atoms. The van der Waals surface area contributed by atoms with Crippen molar-refractivity contribution in [3.8, 4) is 0 Å². The molecule has 0 aliphatic rings. The van der Waals surface area contributed by atoms with Crippen LogP contribution >= 0.6 is 35.0 Å². The van der Waals surface area contributed by atoms with Gasteiger partial charge in [-0.1, -0.05) is 35.3 Å². The Bertz CT molecular complexity index is 610. The van der Waals surface area contributed by atoms with Gasteiger partial charge in [-0.2, -0.15) is 5.10 Å². The highest BCUT2D eigenvalue weighted by Gasteiger charge is 2.07. The van der Waals surface area contributed by atoms with Crippen LogP contribution in [0.2, 0.25) is 10.0 Å². The molecule has 0 saturated heterocycles. The normalized spacial score (nSPS) is 10.6. The first-order valence-electron chi connectivity index (χ1n) is 5.16. The van der Waals surface area contributed by atoms with E-state index in [0.717, 1.165) is 5.56 Å². The third-order valence-electron chi connectivity index (χ3n) is 2.43. The number of thioether (sulfide) groups is 1. The lowest BCUT2D eigenvalue weighted by atomic mass is 10.2.